The van der Waals surface area contributed by atoms with Crippen LogP contribution in [0, 0.1) is 0 Å². The van der Waals surface area contributed by atoms with Crippen molar-refractivity contribution in [1.82, 2.24) is 10.3 Å². The molecule has 0 radical (unpaired) electrons. The van der Waals surface area contributed by atoms with Gasteiger partial charge in [0.2, 0.25) is 0 Å². The Morgan fingerprint density at radius 3 is 2.24 bits per heavy atom. The largest absolute Gasteiger partial charge is 0.394 e. The molecule has 0 aliphatic heterocycles. The van der Waals surface area contributed by atoms with Crippen molar-refractivity contribution < 1.29 is 10.2 Å². The maximum absolute atomic E-state index is 9.68. The smallest absolute Gasteiger partial charge is 0.0757 e. The highest BCUT2D eigenvalue weighted by molar-refractivity contribution is 5.28. The number of nitrogens with one attached hydrogen (secondary N) is 1. The van der Waals surface area contributed by atoms with Gasteiger partial charge in [-0.15, -0.1) is 0 Å². The molecule has 1 aromatic heterocycles. The zero-order valence-corrected chi connectivity index (χ0v) is 12.2. The molecular weight excluding hydrogens is 264 g/mol. The molecule has 0 saturated carbocycles. The van der Waals surface area contributed by atoms with E-state index in [4.69, 9.17) is 0 Å². The number of hydrogen-bond acceptors (Lipinski definition) is 4. The Bertz CT molecular complexity index is 479. The zero-order chi connectivity index (χ0) is 15.1. The fourth-order valence-electron chi connectivity index (χ4n) is 2.29. The molecule has 0 spiro atoms. The summed E-state index contributed by atoms with van der Waals surface area (Å²) < 4.78 is 0. The molecule has 4 heteroatoms. The van der Waals surface area contributed by atoms with Gasteiger partial charge in [-0.05, 0) is 24.1 Å². The molecule has 2 rings (SSSR count). The van der Waals surface area contributed by atoms with Crippen molar-refractivity contribution in [2.24, 2.45) is 0 Å². The molecule has 1 atom stereocenters. The molecule has 0 bridgehead atoms. The highest BCUT2D eigenvalue weighted by Gasteiger charge is 2.31. The lowest BCUT2D eigenvalue weighted by Crippen LogP contribution is -2.52. The van der Waals surface area contributed by atoms with Gasteiger partial charge in [0.25, 0.3) is 0 Å². The number of aliphatic hydroxyl groups is 2. The van der Waals surface area contributed by atoms with Crippen molar-refractivity contribution in [2.45, 2.75) is 24.9 Å². The van der Waals surface area contributed by atoms with E-state index in [0.29, 0.717) is 6.42 Å². The highest BCUT2D eigenvalue weighted by Crippen LogP contribution is 2.24. The van der Waals surface area contributed by atoms with E-state index < -0.39 is 5.54 Å². The van der Waals surface area contributed by atoms with E-state index in [9.17, 15) is 10.2 Å². The summed E-state index contributed by atoms with van der Waals surface area (Å²) in [6.07, 6.45) is 2.37. The molecule has 0 amide bonds. The first kappa shape index (κ1) is 15.6. The quantitative estimate of drug-likeness (QED) is 0.727. The summed E-state index contributed by atoms with van der Waals surface area (Å²) in [6.45, 7) is 1.69. The molecule has 4 nitrogen and oxygen atoms in total. The minimum absolute atomic E-state index is 0.129. The molecule has 3 N–H and O–H groups in total. The lowest BCUT2D eigenvalue weighted by Gasteiger charge is -2.34. The molecule has 21 heavy (non-hydrogen) atoms. The molecule has 1 aromatic carbocycles. The summed E-state index contributed by atoms with van der Waals surface area (Å²) in [5.41, 5.74) is 1.19. The van der Waals surface area contributed by atoms with Crippen LogP contribution in [0.4, 0.5) is 0 Å². The van der Waals surface area contributed by atoms with Crippen LogP contribution in [0.3, 0.4) is 0 Å². The summed E-state index contributed by atoms with van der Waals surface area (Å²) in [6, 6.07) is 15.5. The number of aromatic nitrogens is 1. The zero-order valence-electron chi connectivity index (χ0n) is 12.2. The number of benzene rings is 1. The first-order valence-electron chi connectivity index (χ1n) is 7.20. The minimum Gasteiger partial charge on any atom is -0.394 e. The van der Waals surface area contributed by atoms with Crippen LogP contribution in [0.25, 0.3) is 0 Å². The highest BCUT2D eigenvalue weighted by atomic mass is 16.3. The average molecular weight is 286 g/mol. The van der Waals surface area contributed by atoms with Crippen molar-refractivity contribution in [3.8, 4) is 0 Å². The molecule has 112 valence electrons. The van der Waals surface area contributed by atoms with Crippen LogP contribution in [0.5, 0.6) is 0 Å². The second kappa shape index (κ2) is 7.31. The Labute approximate surface area is 125 Å². The predicted octanol–water partition coefficient (Wildman–Crippen LogP) is 1.89. The summed E-state index contributed by atoms with van der Waals surface area (Å²) >= 11 is 0. The van der Waals surface area contributed by atoms with Gasteiger partial charge in [-0.2, -0.15) is 0 Å². The van der Waals surface area contributed by atoms with Gasteiger partial charge in [-0.25, -0.2) is 0 Å². The molecule has 2 aromatic rings. The number of hydrogen-bond donors (Lipinski definition) is 3. The lowest BCUT2D eigenvalue weighted by molar-refractivity contribution is 0.0810. The minimum atomic E-state index is -0.724. The van der Waals surface area contributed by atoms with Gasteiger partial charge in [-0.1, -0.05) is 43.3 Å². The summed E-state index contributed by atoms with van der Waals surface area (Å²) in [7, 11) is 0. The summed E-state index contributed by atoms with van der Waals surface area (Å²) in [4.78, 5) is 4.42. The molecule has 1 unspecified atom stereocenters. The molecule has 0 fully saturated rings. The fourth-order valence-corrected chi connectivity index (χ4v) is 2.29. The molecule has 0 aliphatic carbocycles. The second-order valence-electron chi connectivity index (χ2n) is 5.19. The SMILES string of the molecule is CCC(CO)(CO)NC(c1ccccc1)c1ccccn1. The van der Waals surface area contributed by atoms with Gasteiger partial charge >= 0.3 is 0 Å². The first-order valence-corrected chi connectivity index (χ1v) is 7.20. The van der Waals surface area contributed by atoms with Crippen LogP contribution in [-0.2, 0) is 0 Å². The van der Waals surface area contributed by atoms with Crippen LogP contribution in [0.1, 0.15) is 30.6 Å². The predicted molar refractivity (Wildman–Crippen MR) is 82.9 cm³/mol. The van der Waals surface area contributed by atoms with Gasteiger partial charge in [0.15, 0.2) is 0 Å². The third-order valence-electron chi connectivity index (χ3n) is 3.85. The maximum atomic E-state index is 9.68. The Kier molecular flexibility index (Phi) is 5.44. The van der Waals surface area contributed by atoms with Crippen LogP contribution in [-0.4, -0.2) is 33.9 Å². The third kappa shape index (κ3) is 3.67. The van der Waals surface area contributed by atoms with Crippen molar-refractivity contribution in [2.75, 3.05) is 13.2 Å². The van der Waals surface area contributed by atoms with E-state index in [0.717, 1.165) is 11.3 Å². The number of pyridine rings is 1. The molecular formula is C17H22N2O2. The van der Waals surface area contributed by atoms with Crippen LogP contribution >= 0.6 is 0 Å². The normalized spacial score (nSPS) is 13.1. The number of rotatable bonds is 7. The molecule has 0 aliphatic rings. The van der Waals surface area contributed by atoms with E-state index >= 15 is 0 Å². The lowest BCUT2D eigenvalue weighted by atomic mass is 9.93. The van der Waals surface area contributed by atoms with Gasteiger partial charge in [-0.3, -0.25) is 10.3 Å². The van der Waals surface area contributed by atoms with Crippen molar-refractivity contribution in [3.63, 3.8) is 0 Å². The van der Waals surface area contributed by atoms with Gasteiger partial charge < -0.3 is 10.2 Å². The van der Waals surface area contributed by atoms with E-state index in [1.54, 1.807) is 6.20 Å². The average Bonchev–Trinajstić information content (AvgIpc) is 2.58. The maximum Gasteiger partial charge on any atom is 0.0757 e. The molecule has 0 saturated heterocycles. The second-order valence-corrected chi connectivity index (χ2v) is 5.19. The van der Waals surface area contributed by atoms with E-state index in [1.165, 1.54) is 0 Å². The number of nitrogens with zero attached hydrogens (tertiary/aromatic N) is 1. The Balaban J connectivity index is 2.38. The van der Waals surface area contributed by atoms with Crippen LogP contribution < -0.4 is 5.32 Å². The Morgan fingerprint density at radius 1 is 1.05 bits per heavy atom. The van der Waals surface area contributed by atoms with Crippen molar-refractivity contribution >= 4 is 0 Å². The third-order valence-corrected chi connectivity index (χ3v) is 3.85. The van der Waals surface area contributed by atoms with Crippen LogP contribution in [0.15, 0.2) is 54.7 Å². The molecule has 1 heterocycles. The van der Waals surface area contributed by atoms with E-state index in [-0.39, 0.29) is 19.3 Å². The standard InChI is InChI=1S/C17H22N2O2/c1-2-17(12-20,13-21)19-16(14-8-4-3-5-9-14)15-10-6-7-11-18-15/h3-11,16,19-21H,2,12-13H2,1H3. The summed E-state index contributed by atoms with van der Waals surface area (Å²) in [5, 5.41) is 22.7. The topological polar surface area (TPSA) is 65.4 Å². The van der Waals surface area contributed by atoms with Crippen LogP contribution in [0.2, 0.25) is 0 Å². The Hall–Kier alpha value is -1.75. The first-order chi connectivity index (χ1) is 10.2. The van der Waals surface area contributed by atoms with Gasteiger partial charge in [0.1, 0.15) is 0 Å². The Morgan fingerprint density at radius 2 is 1.71 bits per heavy atom. The fraction of sp³-hybridized carbons (Fsp3) is 0.353. The number of aliphatic hydroxyl groups excluding tert-OH is 2. The summed E-state index contributed by atoms with van der Waals surface area (Å²) in [5.74, 6) is 0. The van der Waals surface area contributed by atoms with Crippen molar-refractivity contribution in [3.05, 3.63) is 66.0 Å². The van der Waals surface area contributed by atoms with E-state index in [2.05, 4.69) is 10.3 Å². The van der Waals surface area contributed by atoms with Crippen molar-refractivity contribution in [1.29, 1.82) is 0 Å². The van der Waals surface area contributed by atoms with Gasteiger partial charge in [0, 0.05) is 6.20 Å². The monoisotopic (exact) mass is 286 g/mol. The van der Waals surface area contributed by atoms with E-state index in [1.807, 2.05) is 55.5 Å². The van der Waals surface area contributed by atoms with Gasteiger partial charge in [0.05, 0.1) is 30.5 Å².